The van der Waals surface area contributed by atoms with Gasteiger partial charge in [0.2, 0.25) is 5.91 Å². The van der Waals surface area contributed by atoms with Crippen molar-refractivity contribution >= 4 is 28.6 Å². The minimum Gasteiger partial charge on any atom is -0.457 e. The highest BCUT2D eigenvalue weighted by atomic mass is 16.5. The molecule has 2 bridgehead atoms. The van der Waals surface area contributed by atoms with Crippen molar-refractivity contribution in [3.63, 3.8) is 0 Å². The summed E-state index contributed by atoms with van der Waals surface area (Å²) in [6.45, 7) is 6.78. The number of benzene rings is 3. The number of fused-ring (bicyclic) bond motifs is 3. The molecule has 0 spiro atoms. The Kier molecular flexibility index (Phi) is 6.77. The maximum atomic E-state index is 13.9. The Hall–Kier alpha value is -4.59. The Morgan fingerprint density at radius 3 is 2.24 bits per heavy atom. The molecular weight excluding hydrogens is 516 g/mol. The minimum absolute atomic E-state index is 0.0670. The average molecular weight is 551 g/mol. The Balaban J connectivity index is 1.13. The van der Waals surface area contributed by atoms with Crippen LogP contribution in [0.15, 0.2) is 84.9 Å². The van der Waals surface area contributed by atoms with Crippen LogP contribution in [0.4, 0.5) is 0 Å². The fourth-order valence-corrected chi connectivity index (χ4v) is 5.89. The number of para-hydroxylation sites is 2. The number of amides is 3. The number of rotatable bonds is 6. The van der Waals surface area contributed by atoms with E-state index in [4.69, 9.17) is 4.74 Å². The normalized spacial score (nSPS) is 18.9. The molecule has 2 aliphatic rings. The predicted molar refractivity (Wildman–Crippen MR) is 157 cm³/mol. The summed E-state index contributed by atoms with van der Waals surface area (Å²) < 4.78 is 5.92. The van der Waals surface area contributed by atoms with E-state index in [-0.39, 0.29) is 29.8 Å². The topological polar surface area (TPSA) is 94.7 Å². The van der Waals surface area contributed by atoms with Gasteiger partial charge in [0, 0.05) is 29.6 Å². The van der Waals surface area contributed by atoms with E-state index in [1.165, 1.54) is 0 Å². The summed E-state index contributed by atoms with van der Waals surface area (Å²) in [5.41, 5.74) is 1.35. The van der Waals surface area contributed by atoms with Crippen molar-refractivity contribution in [2.75, 3.05) is 13.1 Å². The van der Waals surface area contributed by atoms with Gasteiger partial charge in [0.05, 0.1) is 12.1 Å². The first kappa shape index (κ1) is 26.6. The number of H-pyrrole nitrogens is 1. The highest BCUT2D eigenvalue weighted by Gasteiger charge is 2.49. The van der Waals surface area contributed by atoms with Crippen LogP contribution in [0.1, 0.15) is 48.0 Å². The largest absolute Gasteiger partial charge is 0.457 e. The van der Waals surface area contributed by atoms with Crippen molar-refractivity contribution in [2.24, 2.45) is 5.41 Å². The molecule has 3 aromatic carbocycles. The number of aromatic nitrogens is 1. The molecule has 2 saturated heterocycles. The number of aromatic amines is 1. The second-order valence-electron chi connectivity index (χ2n) is 12.0. The molecule has 2 N–H and O–H groups in total. The summed E-state index contributed by atoms with van der Waals surface area (Å²) in [4.78, 5) is 47.4. The number of piperazine rings is 1. The van der Waals surface area contributed by atoms with Gasteiger partial charge in [-0.05, 0) is 54.3 Å². The first-order chi connectivity index (χ1) is 19.7. The van der Waals surface area contributed by atoms with E-state index in [0.29, 0.717) is 35.8 Å². The van der Waals surface area contributed by atoms with E-state index in [9.17, 15) is 14.4 Å². The predicted octanol–water partition coefficient (Wildman–Crippen LogP) is 5.23. The maximum absolute atomic E-state index is 13.9. The Bertz CT molecular complexity index is 1570. The zero-order chi connectivity index (χ0) is 28.7. The average Bonchev–Trinajstić information content (AvgIpc) is 3.70. The standard InChI is InChI=1S/C33H34N4O4/c1-33(2,3)29(35-30(38)28-17-21-10-7-8-15-27(21)34-28)32(40)37-20-23-18-24(37)19-36(23)31(39)22-11-9-14-26(16-22)41-25-12-5-4-6-13-25/h4-17,23-24,29,34H,18-20H2,1-3H3,(H,35,38)/t23-,24-,29+/m0/s1. The molecule has 4 aromatic rings. The highest BCUT2D eigenvalue weighted by molar-refractivity contribution is 6.00. The third-order valence-electron chi connectivity index (χ3n) is 8.01. The third kappa shape index (κ3) is 5.29. The van der Waals surface area contributed by atoms with Crippen LogP contribution in [0.3, 0.4) is 0 Å². The molecule has 0 unspecified atom stereocenters. The third-order valence-corrected chi connectivity index (χ3v) is 8.01. The van der Waals surface area contributed by atoms with E-state index < -0.39 is 11.5 Å². The number of carbonyl (C=O) groups excluding carboxylic acids is 3. The summed E-state index contributed by atoms with van der Waals surface area (Å²) >= 11 is 0. The number of nitrogens with zero attached hydrogens (tertiary/aromatic N) is 2. The lowest BCUT2D eigenvalue weighted by Gasteiger charge is -2.39. The zero-order valence-corrected chi connectivity index (χ0v) is 23.5. The van der Waals surface area contributed by atoms with Gasteiger partial charge >= 0.3 is 0 Å². The first-order valence-electron chi connectivity index (χ1n) is 14.0. The van der Waals surface area contributed by atoms with Gasteiger partial charge in [-0.15, -0.1) is 0 Å². The molecule has 41 heavy (non-hydrogen) atoms. The monoisotopic (exact) mass is 550 g/mol. The van der Waals surface area contributed by atoms with Crippen molar-refractivity contribution in [3.8, 4) is 11.5 Å². The van der Waals surface area contributed by atoms with Crippen molar-refractivity contribution in [2.45, 2.75) is 45.3 Å². The van der Waals surface area contributed by atoms with E-state index in [1.807, 2.05) is 97.3 Å². The second kappa shape index (κ2) is 10.4. The molecule has 0 radical (unpaired) electrons. The molecule has 0 aliphatic carbocycles. The molecule has 3 atom stereocenters. The molecule has 3 amide bonds. The lowest BCUT2D eigenvalue weighted by Crippen LogP contribution is -2.59. The maximum Gasteiger partial charge on any atom is 0.268 e. The minimum atomic E-state index is -0.711. The quantitative estimate of drug-likeness (QED) is 0.344. The van der Waals surface area contributed by atoms with Gasteiger partial charge < -0.3 is 24.8 Å². The van der Waals surface area contributed by atoms with Gasteiger partial charge in [-0.2, -0.15) is 0 Å². The smallest absolute Gasteiger partial charge is 0.268 e. The number of carbonyl (C=O) groups is 3. The van der Waals surface area contributed by atoms with Crippen molar-refractivity contribution in [3.05, 3.63) is 96.2 Å². The van der Waals surface area contributed by atoms with Crippen LogP contribution in [-0.2, 0) is 4.79 Å². The summed E-state index contributed by atoms with van der Waals surface area (Å²) in [6, 6.07) is 25.3. The first-order valence-corrected chi connectivity index (χ1v) is 14.0. The number of ether oxygens (including phenoxy) is 1. The fraction of sp³-hybridized carbons (Fsp3) is 0.303. The fourth-order valence-electron chi connectivity index (χ4n) is 5.89. The number of hydrogen-bond acceptors (Lipinski definition) is 4. The number of likely N-dealkylation sites (tertiary alicyclic amines) is 2. The molecule has 1 aromatic heterocycles. The Morgan fingerprint density at radius 2 is 1.54 bits per heavy atom. The molecule has 8 nitrogen and oxygen atoms in total. The Morgan fingerprint density at radius 1 is 0.854 bits per heavy atom. The Labute approximate surface area is 239 Å². The summed E-state index contributed by atoms with van der Waals surface area (Å²) in [5, 5.41) is 3.94. The van der Waals surface area contributed by atoms with E-state index in [0.717, 1.165) is 17.3 Å². The SMILES string of the molecule is CC(C)(C)[C@H](NC(=O)c1cc2ccccc2[nH]1)C(=O)N1C[C@@H]2C[C@H]1CN2C(=O)c1cccc(Oc2ccccc2)c1. The molecule has 210 valence electrons. The van der Waals surface area contributed by atoms with Gasteiger partial charge in [0.15, 0.2) is 0 Å². The number of hydrogen-bond donors (Lipinski definition) is 2. The molecular formula is C33H34N4O4. The molecule has 2 fully saturated rings. The van der Waals surface area contributed by atoms with Gasteiger partial charge in [-0.25, -0.2) is 0 Å². The number of nitrogens with one attached hydrogen (secondary N) is 2. The van der Waals surface area contributed by atoms with Crippen molar-refractivity contribution in [1.82, 2.24) is 20.1 Å². The van der Waals surface area contributed by atoms with Crippen LogP contribution < -0.4 is 10.1 Å². The summed E-state index contributed by atoms with van der Waals surface area (Å²) in [6.07, 6.45) is 0.727. The summed E-state index contributed by atoms with van der Waals surface area (Å²) in [7, 11) is 0. The van der Waals surface area contributed by atoms with E-state index in [2.05, 4.69) is 10.3 Å². The van der Waals surface area contributed by atoms with Gasteiger partial charge in [0.25, 0.3) is 11.8 Å². The molecule has 6 rings (SSSR count). The molecule has 3 heterocycles. The zero-order valence-electron chi connectivity index (χ0n) is 23.5. The summed E-state index contributed by atoms with van der Waals surface area (Å²) in [5.74, 6) is 0.814. The molecule has 0 saturated carbocycles. The van der Waals surface area contributed by atoms with Gasteiger partial charge in [0.1, 0.15) is 23.2 Å². The van der Waals surface area contributed by atoms with Crippen LogP contribution in [-0.4, -0.2) is 63.7 Å². The van der Waals surface area contributed by atoms with E-state index >= 15 is 0 Å². The highest BCUT2D eigenvalue weighted by Crippen LogP contribution is 2.35. The van der Waals surface area contributed by atoms with Gasteiger partial charge in [-0.1, -0.05) is 63.2 Å². The van der Waals surface area contributed by atoms with E-state index in [1.54, 1.807) is 18.2 Å². The van der Waals surface area contributed by atoms with Crippen molar-refractivity contribution in [1.29, 1.82) is 0 Å². The van der Waals surface area contributed by atoms with Crippen LogP contribution in [0.2, 0.25) is 0 Å². The van der Waals surface area contributed by atoms with Crippen LogP contribution >= 0.6 is 0 Å². The molecule has 8 heteroatoms. The second-order valence-corrected chi connectivity index (χ2v) is 12.0. The lowest BCUT2D eigenvalue weighted by molar-refractivity contribution is -0.138. The molecule has 2 aliphatic heterocycles. The lowest BCUT2D eigenvalue weighted by atomic mass is 9.85. The van der Waals surface area contributed by atoms with Crippen LogP contribution in [0, 0.1) is 5.41 Å². The van der Waals surface area contributed by atoms with Crippen LogP contribution in [0.25, 0.3) is 10.9 Å². The van der Waals surface area contributed by atoms with Crippen LogP contribution in [0.5, 0.6) is 11.5 Å². The van der Waals surface area contributed by atoms with Gasteiger partial charge in [-0.3, -0.25) is 14.4 Å². The van der Waals surface area contributed by atoms with Crippen molar-refractivity contribution < 1.29 is 19.1 Å².